The molecule has 0 saturated heterocycles. The topological polar surface area (TPSA) is 13.1 Å². The van der Waals surface area contributed by atoms with Crippen LogP contribution in [0.15, 0.2) is 174 Å². The summed E-state index contributed by atoms with van der Waals surface area (Å²) < 4.78 is 6.54. The maximum absolute atomic E-state index is 6.54. The van der Waals surface area contributed by atoms with Crippen LogP contribution in [0.4, 0.5) is 0 Å². The lowest BCUT2D eigenvalue weighted by molar-refractivity contribution is 0.669. The Morgan fingerprint density at radius 3 is 1.40 bits per heavy atom. The number of rotatable bonds is 3. The number of fused-ring (bicyclic) bond motifs is 8. The van der Waals surface area contributed by atoms with Crippen LogP contribution in [0.3, 0.4) is 0 Å². The van der Waals surface area contributed by atoms with Gasteiger partial charge in [-0.3, -0.25) is 0 Å². The lowest BCUT2D eigenvalue weighted by atomic mass is 9.82. The SMILES string of the molecule is c1ccc(-c2c3ccccc3c(-c3cccc4oc5ccc6ccccc6c5c34)c3ccccc23)c(-c2cccc3ccccc23)c1. The third kappa shape index (κ3) is 3.84. The molecule has 1 aromatic heterocycles. The third-order valence-electron chi connectivity index (χ3n) is 9.86. The van der Waals surface area contributed by atoms with Gasteiger partial charge in [-0.2, -0.15) is 0 Å². The Labute approximate surface area is 271 Å². The summed E-state index contributed by atoms with van der Waals surface area (Å²) >= 11 is 0. The molecule has 0 radical (unpaired) electrons. The molecule has 10 aromatic rings. The zero-order valence-electron chi connectivity index (χ0n) is 25.6. The Balaban J connectivity index is 1.35. The van der Waals surface area contributed by atoms with Crippen LogP contribution < -0.4 is 0 Å². The normalized spacial score (nSPS) is 11.8. The van der Waals surface area contributed by atoms with Crippen LogP contribution in [0.25, 0.3) is 98.4 Å². The molecule has 0 aliphatic heterocycles. The Hall–Kier alpha value is -6.18. The fourth-order valence-corrected chi connectivity index (χ4v) is 7.90. The van der Waals surface area contributed by atoms with E-state index in [0.717, 1.165) is 11.2 Å². The predicted octanol–water partition coefficient (Wildman–Crippen LogP) is 13.2. The lowest BCUT2D eigenvalue weighted by Crippen LogP contribution is -1.93. The van der Waals surface area contributed by atoms with Crippen LogP contribution in [-0.4, -0.2) is 0 Å². The molecule has 1 heteroatoms. The van der Waals surface area contributed by atoms with Crippen LogP contribution in [0.2, 0.25) is 0 Å². The van der Waals surface area contributed by atoms with Gasteiger partial charge in [0.05, 0.1) is 0 Å². The zero-order valence-corrected chi connectivity index (χ0v) is 25.6. The van der Waals surface area contributed by atoms with Crippen LogP contribution in [0.5, 0.6) is 0 Å². The van der Waals surface area contributed by atoms with Crippen molar-refractivity contribution in [3.63, 3.8) is 0 Å². The van der Waals surface area contributed by atoms with Crippen molar-refractivity contribution in [2.75, 3.05) is 0 Å². The molecule has 0 aliphatic carbocycles. The standard InChI is InChI=1S/C46H28O/c1-3-16-31-29(13-1)15-11-24-33(31)34-18-5-6-19-35(34)43-36-20-7-9-22-38(36)44(39-23-10-8-21-37(39)43)40-25-12-26-41-46(40)45-32-17-4-2-14-30(32)27-28-42(45)47-41/h1-28H. The second-order valence-electron chi connectivity index (χ2n) is 12.4. The van der Waals surface area contributed by atoms with Gasteiger partial charge in [0.25, 0.3) is 0 Å². The van der Waals surface area contributed by atoms with Crippen molar-refractivity contribution < 1.29 is 4.42 Å². The summed E-state index contributed by atoms with van der Waals surface area (Å²) in [5.41, 5.74) is 9.24. The van der Waals surface area contributed by atoms with Gasteiger partial charge in [-0.05, 0) is 88.6 Å². The van der Waals surface area contributed by atoms with Crippen molar-refractivity contribution in [1.82, 2.24) is 0 Å². The summed E-state index contributed by atoms with van der Waals surface area (Å²) in [4.78, 5) is 0. The van der Waals surface area contributed by atoms with Gasteiger partial charge >= 0.3 is 0 Å². The summed E-state index contributed by atoms with van der Waals surface area (Å²) in [6, 6.07) is 61.5. The van der Waals surface area contributed by atoms with E-state index in [1.54, 1.807) is 0 Å². The van der Waals surface area contributed by atoms with Gasteiger partial charge in [0.2, 0.25) is 0 Å². The van der Waals surface area contributed by atoms with Gasteiger partial charge in [0, 0.05) is 10.8 Å². The van der Waals surface area contributed by atoms with Gasteiger partial charge in [0.1, 0.15) is 11.2 Å². The van der Waals surface area contributed by atoms with Crippen LogP contribution in [0, 0.1) is 0 Å². The summed E-state index contributed by atoms with van der Waals surface area (Å²) in [5.74, 6) is 0. The Kier molecular flexibility index (Phi) is 5.64. The molecule has 0 spiro atoms. The molecule has 9 aromatic carbocycles. The molecule has 0 N–H and O–H groups in total. The van der Waals surface area contributed by atoms with Crippen molar-refractivity contribution in [3.8, 4) is 33.4 Å². The summed E-state index contributed by atoms with van der Waals surface area (Å²) in [7, 11) is 0. The van der Waals surface area contributed by atoms with Gasteiger partial charge in [-0.1, -0.05) is 158 Å². The smallest absolute Gasteiger partial charge is 0.136 e. The largest absolute Gasteiger partial charge is 0.456 e. The van der Waals surface area contributed by atoms with E-state index in [2.05, 4.69) is 170 Å². The highest BCUT2D eigenvalue weighted by Crippen LogP contribution is 2.49. The minimum atomic E-state index is 0.910. The molecular formula is C46H28O. The highest BCUT2D eigenvalue weighted by Gasteiger charge is 2.22. The van der Waals surface area contributed by atoms with E-state index in [-0.39, 0.29) is 0 Å². The molecule has 0 saturated carbocycles. The fraction of sp³-hybridized carbons (Fsp3) is 0. The highest BCUT2D eigenvalue weighted by molar-refractivity contribution is 6.29. The van der Waals surface area contributed by atoms with Gasteiger partial charge < -0.3 is 4.42 Å². The number of benzene rings is 9. The monoisotopic (exact) mass is 596 g/mol. The van der Waals surface area contributed by atoms with E-state index in [4.69, 9.17) is 4.42 Å². The first-order valence-corrected chi connectivity index (χ1v) is 16.2. The molecule has 0 amide bonds. The second-order valence-corrected chi connectivity index (χ2v) is 12.4. The average Bonchev–Trinajstić information content (AvgIpc) is 3.53. The van der Waals surface area contributed by atoms with E-state index in [1.165, 1.54) is 87.2 Å². The quantitative estimate of drug-likeness (QED) is 0.185. The van der Waals surface area contributed by atoms with Gasteiger partial charge in [-0.25, -0.2) is 0 Å². The number of furan rings is 1. The summed E-state index contributed by atoms with van der Waals surface area (Å²) in [6.45, 7) is 0. The first-order chi connectivity index (χ1) is 23.3. The first kappa shape index (κ1) is 26.1. The minimum absolute atomic E-state index is 0.910. The van der Waals surface area contributed by atoms with Crippen molar-refractivity contribution in [1.29, 1.82) is 0 Å². The van der Waals surface area contributed by atoms with Crippen LogP contribution >= 0.6 is 0 Å². The Morgan fingerprint density at radius 1 is 0.255 bits per heavy atom. The molecule has 0 bridgehead atoms. The van der Waals surface area contributed by atoms with Crippen molar-refractivity contribution >= 4 is 65.0 Å². The van der Waals surface area contributed by atoms with E-state index in [1.807, 2.05) is 0 Å². The fourth-order valence-electron chi connectivity index (χ4n) is 7.90. The molecule has 0 fully saturated rings. The minimum Gasteiger partial charge on any atom is -0.456 e. The first-order valence-electron chi connectivity index (χ1n) is 16.2. The number of hydrogen-bond acceptors (Lipinski definition) is 1. The van der Waals surface area contributed by atoms with Crippen LogP contribution in [-0.2, 0) is 0 Å². The molecule has 0 aliphatic rings. The maximum atomic E-state index is 6.54. The lowest BCUT2D eigenvalue weighted by Gasteiger charge is -2.20. The predicted molar refractivity (Wildman–Crippen MR) is 200 cm³/mol. The molecule has 1 nitrogen and oxygen atoms in total. The van der Waals surface area contributed by atoms with E-state index in [9.17, 15) is 0 Å². The van der Waals surface area contributed by atoms with Crippen molar-refractivity contribution in [2.24, 2.45) is 0 Å². The van der Waals surface area contributed by atoms with Gasteiger partial charge in [-0.15, -0.1) is 0 Å². The van der Waals surface area contributed by atoms with E-state index in [0.29, 0.717) is 0 Å². The third-order valence-corrected chi connectivity index (χ3v) is 9.86. The van der Waals surface area contributed by atoms with E-state index >= 15 is 0 Å². The van der Waals surface area contributed by atoms with E-state index < -0.39 is 0 Å². The van der Waals surface area contributed by atoms with Crippen molar-refractivity contribution in [3.05, 3.63) is 170 Å². The Bertz CT molecular complexity index is 2790. The highest BCUT2D eigenvalue weighted by atomic mass is 16.3. The zero-order chi connectivity index (χ0) is 30.9. The molecular weight excluding hydrogens is 569 g/mol. The molecule has 0 unspecified atom stereocenters. The molecule has 47 heavy (non-hydrogen) atoms. The van der Waals surface area contributed by atoms with Gasteiger partial charge in [0.15, 0.2) is 0 Å². The van der Waals surface area contributed by atoms with Crippen molar-refractivity contribution in [2.45, 2.75) is 0 Å². The summed E-state index contributed by atoms with van der Waals surface area (Å²) in [6.07, 6.45) is 0. The molecule has 10 rings (SSSR count). The summed E-state index contributed by atoms with van der Waals surface area (Å²) in [5, 5.41) is 12.2. The molecule has 218 valence electrons. The number of hydrogen-bond donors (Lipinski definition) is 0. The molecule has 0 atom stereocenters. The van der Waals surface area contributed by atoms with Crippen LogP contribution in [0.1, 0.15) is 0 Å². The second kappa shape index (κ2) is 10.2. The Morgan fingerprint density at radius 2 is 0.702 bits per heavy atom. The average molecular weight is 597 g/mol. The maximum Gasteiger partial charge on any atom is 0.136 e. The molecule has 1 heterocycles.